The molecule has 0 bridgehead atoms. The summed E-state index contributed by atoms with van der Waals surface area (Å²) < 4.78 is 0. The molecule has 0 spiro atoms. The van der Waals surface area contributed by atoms with Gasteiger partial charge in [-0.25, -0.2) is 0 Å². The van der Waals surface area contributed by atoms with E-state index >= 15 is 0 Å². The number of alkyl halides is 1. The van der Waals surface area contributed by atoms with Crippen LogP contribution in [0.4, 0.5) is 11.4 Å². The molecule has 0 N–H and O–H groups in total. The van der Waals surface area contributed by atoms with Crippen LogP contribution in [0.1, 0.15) is 0 Å². The number of hydrogen-bond donors (Lipinski definition) is 0. The van der Waals surface area contributed by atoms with Crippen molar-refractivity contribution in [1.82, 2.24) is 0 Å². The van der Waals surface area contributed by atoms with E-state index in [0.29, 0.717) is 5.25 Å². The fourth-order valence-corrected chi connectivity index (χ4v) is 3.91. The molecule has 1 unspecified atom stereocenters. The lowest BCUT2D eigenvalue weighted by Crippen LogP contribution is -2.41. The van der Waals surface area contributed by atoms with Crippen molar-refractivity contribution in [2.75, 3.05) is 41.8 Å². The SMILES string of the molecule is CN1CCN(C2=NCC(CBr)S2)c2ccccc21. The number of halogens is 1. The molecule has 2 aliphatic rings. The molecule has 0 saturated heterocycles. The van der Waals surface area contributed by atoms with Crippen molar-refractivity contribution in [3.05, 3.63) is 24.3 Å². The van der Waals surface area contributed by atoms with E-state index in [1.165, 1.54) is 16.5 Å². The highest BCUT2D eigenvalue weighted by Gasteiger charge is 2.28. The molecular weight excluding hydrogens is 310 g/mol. The summed E-state index contributed by atoms with van der Waals surface area (Å²) >= 11 is 5.44. The number of benzene rings is 1. The minimum atomic E-state index is 0.590. The second kappa shape index (κ2) is 5.13. The van der Waals surface area contributed by atoms with Crippen LogP contribution >= 0.6 is 27.7 Å². The van der Waals surface area contributed by atoms with Crippen molar-refractivity contribution in [1.29, 1.82) is 0 Å². The highest BCUT2D eigenvalue weighted by Crippen LogP contribution is 2.36. The fourth-order valence-electron chi connectivity index (χ4n) is 2.34. The topological polar surface area (TPSA) is 18.8 Å². The lowest BCUT2D eigenvalue weighted by Gasteiger charge is -2.36. The Hall–Kier alpha value is -0.680. The Morgan fingerprint density at radius 3 is 2.83 bits per heavy atom. The molecule has 96 valence electrons. The van der Waals surface area contributed by atoms with Crippen molar-refractivity contribution >= 4 is 44.2 Å². The van der Waals surface area contributed by atoms with E-state index in [-0.39, 0.29) is 0 Å². The van der Waals surface area contributed by atoms with E-state index in [1.807, 2.05) is 11.8 Å². The molecule has 2 heterocycles. The van der Waals surface area contributed by atoms with Gasteiger partial charge in [-0.05, 0) is 12.1 Å². The number of rotatable bonds is 1. The molecule has 1 atom stereocenters. The number of fused-ring (bicyclic) bond motifs is 1. The van der Waals surface area contributed by atoms with Gasteiger partial charge in [-0.3, -0.25) is 4.99 Å². The number of para-hydroxylation sites is 2. The fraction of sp³-hybridized carbons (Fsp3) is 0.462. The molecule has 18 heavy (non-hydrogen) atoms. The molecule has 0 amide bonds. The van der Waals surface area contributed by atoms with Crippen LogP contribution in [0.5, 0.6) is 0 Å². The van der Waals surface area contributed by atoms with E-state index in [9.17, 15) is 0 Å². The number of nitrogens with zero attached hydrogens (tertiary/aromatic N) is 3. The van der Waals surface area contributed by atoms with Gasteiger partial charge in [-0.2, -0.15) is 0 Å². The normalized spacial score (nSPS) is 23.0. The lowest BCUT2D eigenvalue weighted by atomic mass is 10.2. The molecule has 0 fully saturated rings. The van der Waals surface area contributed by atoms with Crippen LogP contribution in [-0.4, -0.2) is 42.4 Å². The zero-order valence-electron chi connectivity index (χ0n) is 10.3. The number of amidine groups is 1. The third-order valence-electron chi connectivity index (χ3n) is 3.35. The molecule has 0 aromatic heterocycles. The van der Waals surface area contributed by atoms with Gasteiger partial charge in [0, 0.05) is 30.7 Å². The molecule has 0 aliphatic carbocycles. The zero-order chi connectivity index (χ0) is 12.5. The first kappa shape index (κ1) is 12.4. The Kier molecular flexibility index (Phi) is 3.52. The van der Waals surface area contributed by atoms with Crippen molar-refractivity contribution < 1.29 is 0 Å². The van der Waals surface area contributed by atoms with Gasteiger partial charge in [0.2, 0.25) is 0 Å². The molecule has 1 aromatic rings. The lowest BCUT2D eigenvalue weighted by molar-refractivity contribution is 0.836. The van der Waals surface area contributed by atoms with Gasteiger partial charge in [0.25, 0.3) is 0 Å². The summed E-state index contributed by atoms with van der Waals surface area (Å²) in [5, 5.41) is 2.78. The molecular formula is C13H16BrN3S. The summed E-state index contributed by atoms with van der Waals surface area (Å²) in [6.07, 6.45) is 0. The third-order valence-corrected chi connectivity index (χ3v) is 5.77. The van der Waals surface area contributed by atoms with Crippen LogP contribution in [0, 0.1) is 0 Å². The number of thioether (sulfide) groups is 1. The maximum Gasteiger partial charge on any atom is 0.164 e. The van der Waals surface area contributed by atoms with E-state index < -0.39 is 0 Å². The minimum Gasteiger partial charge on any atom is -0.371 e. The van der Waals surface area contributed by atoms with Crippen molar-refractivity contribution in [2.24, 2.45) is 4.99 Å². The van der Waals surface area contributed by atoms with Crippen LogP contribution in [-0.2, 0) is 0 Å². The molecule has 2 aliphatic heterocycles. The standard InChI is InChI=1S/C13H16BrN3S/c1-16-6-7-17(12-5-3-2-4-11(12)16)13-15-9-10(8-14)18-13/h2-5,10H,6-9H2,1H3. The molecule has 1 aromatic carbocycles. The first-order valence-electron chi connectivity index (χ1n) is 6.14. The Labute approximate surface area is 120 Å². The van der Waals surface area contributed by atoms with Gasteiger partial charge in [0.1, 0.15) is 0 Å². The highest BCUT2D eigenvalue weighted by atomic mass is 79.9. The van der Waals surface area contributed by atoms with Crippen molar-refractivity contribution in [3.8, 4) is 0 Å². The second-order valence-corrected chi connectivity index (χ2v) is 6.49. The Morgan fingerprint density at radius 2 is 2.11 bits per heavy atom. The largest absolute Gasteiger partial charge is 0.371 e. The van der Waals surface area contributed by atoms with Gasteiger partial charge in [-0.1, -0.05) is 39.8 Å². The average molecular weight is 326 g/mol. The Morgan fingerprint density at radius 1 is 1.33 bits per heavy atom. The zero-order valence-corrected chi connectivity index (χ0v) is 12.7. The van der Waals surface area contributed by atoms with Gasteiger partial charge in [0.15, 0.2) is 5.17 Å². The maximum absolute atomic E-state index is 4.69. The monoisotopic (exact) mass is 325 g/mol. The second-order valence-electron chi connectivity index (χ2n) is 4.58. The molecule has 3 nitrogen and oxygen atoms in total. The molecule has 3 rings (SSSR count). The smallest absolute Gasteiger partial charge is 0.164 e. The number of anilines is 2. The summed E-state index contributed by atoms with van der Waals surface area (Å²) in [6.45, 7) is 3.00. The highest BCUT2D eigenvalue weighted by molar-refractivity contribution is 9.09. The van der Waals surface area contributed by atoms with Crippen molar-refractivity contribution in [3.63, 3.8) is 0 Å². The van der Waals surface area contributed by atoms with E-state index in [0.717, 1.165) is 25.0 Å². The van der Waals surface area contributed by atoms with E-state index in [2.05, 4.69) is 57.0 Å². The van der Waals surface area contributed by atoms with Crippen LogP contribution < -0.4 is 9.80 Å². The minimum absolute atomic E-state index is 0.590. The van der Waals surface area contributed by atoms with Crippen LogP contribution in [0.3, 0.4) is 0 Å². The van der Waals surface area contributed by atoms with Gasteiger partial charge < -0.3 is 9.80 Å². The average Bonchev–Trinajstić information content (AvgIpc) is 2.88. The summed E-state index contributed by atoms with van der Waals surface area (Å²) in [5.74, 6) is 0. The third kappa shape index (κ3) is 2.14. The van der Waals surface area contributed by atoms with E-state index in [1.54, 1.807) is 0 Å². The first-order chi connectivity index (χ1) is 8.79. The molecule has 0 radical (unpaired) electrons. The van der Waals surface area contributed by atoms with E-state index in [4.69, 9.17) is 4.99 Å². The van der Waals surface area contributed by atoms with Gasteiger partial charge in [-0.15, -0.1) is 0 Å². The summed E-state index contributed by atoms with van der Waals surface area (Å²) in [5.41, 5.74) is 2.59. The number of aliphatic imine (C=N–C) groups is 1. The molecule has 0 saturated carbocycles. The van der Waals surface area contributed by atoms with Crippen LogP contribution in [0.25, 0.3) is 0 Å². The summed E-state index contributed by atoms with van der Waals surface area (Å²) in [6, 6.07) is 8.58. The number of hydrogen-bond acceptors (Lipinski definition) is 4. The Balaban J connectivity index is 1.89. The van der Waals surface area contributed by atoms with Crippen molar-refractivity contribution in [2.45, 2.75) is 5.25 Å². The van der Waals surface area contributed by atoms with Gasteiger partial charge >= 0.3 is 0 Å². The van der Waals surface area contributed by atoms with Gasteiger partial charge in [0.05, 0.1) is 17.9 Å². The maximum atomic E-state index is 4.69. The van der Waals surface area contributed by atoms with Crippen LogP contribution in [0.2, 0.25) is 0 Å². The first-order valence-corrected chi connectivity index (χ1v) is 8.14. The summed E-state index contributed by atoms with van der Waals surface area (Å²) in [4.78, 5) is 9.37. The predicted octanol–water partition coefficient (Wildman–Crippen LogP) is 2.81. The predicted molar refractivity (Wildman–Crippen MR) is 84.5 cm³/mol. The Bertz CT molecular complexity index is 477. The molecule has 5 heteroatoms. The summed E-state index contributed by atoms with van der Waals surface area (Å²) in [7, 11) is 2.15. The van der Waals surface area contributed by atoms with Crippen LogP contribution in [0.15, 0.2) is 29.3 Å². The number of likely N-dealkylation sites (N-methyl/N-ethyl adjacent to an activating group) is 1. The quantitative estimate of drug-likeness (QED) is 0.740.